The predicted molar refractivity (Wildman–Crippen MR) is 121 cm³/mol. The van der Waals surface area contributed by atoms with E-state index in [1.807, 2.05) is 17.8 Å². The standard InChI is InChI=1S/C22H25N3S2/c1-16(26-18-9-3-4-10-18)24-19-11-5-2-8-17(19)14-15-23-22-25-20-12-6-7-13-21(20)27-22/h2,5-8,11-13,18H,3-4,9-10,14-15H2,1H3,(H,23,25). The number of anilines is 1. The number of hydrogen-bond donors (Lipinski definition) is 1. The van der Waals surface area contributed by atoms with Gasteiger partial charge in [0, 0.05) is 11.8 Å². The number of rotatable bonds is 6. The minimum Gasteiger partial charge on any atom is -0.361 e. The van der Waals surface area contributed by atoms with Gasteiger partial charge in [0.25, 0.3) is 0 Å². The molecular weight excluding hydrogens is 370 g/mol. The van der Waals surface area contributed by atoms with Gasteiger partial charge in [-0.15, -0.1) is 11.8 Å². The quantitative estimate of drug-likeness (QED) is 0.374. The summed E-state index contributed by atoms with van der Waals surface area (Å²) in [5.41, 5.74) is 3.46. The molecule has 0 bridgehead atoms. The second kappa shape index (κ2) is 8.89. The van der Waals surface area contributed by atoms with Crippen molar-refractivity contribution >= 4 is 49.2 Å². The third-order valence-electron chi connectivity index (χ3n) is 4.87. The Morgan fingerprint density at radius 3 is 2.78 bits per heavy atom. The SMILES string of the molecule is CC(=Nc1ccccc1CCNc1nc2ccccc2s1)SC1CCCC1. The largest absolute Gasteiger partial charge is 0.361 e. The Morgan fingerprint density at radius 1 is 1.15 bits per heavy atom. The summed E-state index contributed by atoms with van der Waals surface area (Å²) < 4.78 is 1.23. The summed E-state index contributed by atoms with van der Waals surface area (Å²) >= 11 is 3.67. The van der Waals surface area contributed by atoms with Crippen LogP contribution in [0.15, 0.2) is 53.5 Å². The van der Waals surface area contributed by atoms with Crippen LogP contribution in [0.4, 0.5) is 10.8 Å². The highest BCUT2D eigenvalue weighted by atomic mass is 32.2. The van der Waals surface area contributed by atoms with E-state index in [2.05, 4.69) is 59.7 Å². The summed E-state index contributed by atoms with van der Waals surface area (Å²) in [5, 5.41) is 6.42. The molecule has 3 aromatic rings. The van der Waals surface area contributed by atoms with E-state index in [4.69, 9.17) is 4.99 Å². The lowest BCUT2D eigenvalue weighted by molar-refractivity contribution is 0.886. The molecule has 0 spiro atoms. The molecule has 1 N–H and O–H groups in total. The van der Waals surface area contributed by atoms with E-state index < -0.39 is 0 Å². The second-order valence-electron chi connectivity index (χ2n) is 6.95. The van der Waals surface area contributed by atoms with Crippen LogP contribution in [0.2, 0.25) is 0 Å². The number of aromatic nitrogens is 1. The van der Waals surface area contributed by atoms with Crippen LogP contribution in [-0.4, -0.2) is 21.8 Å². The summed E-state index contributed by atoms with van der Waals surface area (Å²) in [7, 11) is 0. The van der Waals surface area contributed by atoms with Gasteiger partial charge in [0.05, 0.1) is 20.9 Å². The van der Waals surface area contributed by atoms with Gasteiger partial charge in [-0.25, -0.2) is 9.98 Å². The van der Waals surface area contributed by atoms with Gasteiger partial charge < -0.3 is 5.32 Å². The lowest BCUT2D eigenvalue weighted by atomic mass is 10.1. The van der Waals surface area contributed by atoms with Crippen LogP contribution in [0.25, 0.3) is 10.2 Å². The normalized spacial score (nSPS) is 15.5. The molecule has 1 aliphatic rings. The molecule has 1 aliphatic carbocycles. The highest BCUT2D eigenvalue weighted by Crippen LogP contribution is 2.32. The van der Waals surface area contributed by atoms with E-state index in [1.165, 1.54) is 41.0 Å². The van der Waals surface area contributed by atoms with Crippen LogP contribution in [0.5, 0.6) is 0 Å². The summed E-state index contributed by atoms with van der Waals surface area (Å²) in [5.74, 6) is 0. The number of fused-ring (bicyclic) bond motifs is 1. The molecule has 0 amide bonds. The van der Waals surface area contributed by atoms with E-state index in [0.29, 0.717) is 0 Å². The first-order valence-corrected chi connectivity index (χ1v) is 11.4. The summed E-state index contributed by atoms with van der Waals surface area (Å²) in [6.45, 7) is 3.01. The number of benzene rings is 2. The number of thioether (sulfide) groups is 1. The Hall–Kier alpha value is -1.85. The maximum absolute atomic E-state index is 4.92. The molecule has 2 aromatic carbocycles. The van der Waals surface area contributed by atoms with E-state index in [9.17, 15) is 0 Å². The van der Waals surface area contributed by atoms with E-state index in [-0.39, 0.29) is 0 Å². The van der Waals surface area contributed by atoms with Crippen molar-refractivity contribution in [2.75, 3.05) is 11.9 Å². The van der Waals surface area contributed by atoms with Crippen LogP contribution in [0.1, 0.15) is 38.2 Å². The smallest absolute Gasteiger partial charge is 0.183 e. The van der Waals surface area contributed by atoms with Crippen LogP contribution >= 0.6 is 23.1 Å². The van der Waals surface area contributed by atoms with E-state index >= 15 is 0 Å². The van der Waals surface area contributed by atoms with Crippen molar-refractivity contribution in [2.45, 2.75) is 44.3 Å². The average Bonchev–Trinajstić information content (AvgIpc) is 3.32. The van der Waals surface area contributed by atoms with Crippen molar-refractivity contribution in [1.82, 2.24) is 4.98 Å². The Balaban J connectivity index is 1.38. The molecule has 0 atom stereocenters. The maximum Gasteiger partial charge on any atom is 0.183 e. The molecule has 0 radical (unpaired) electrons. The Labute approximate surface area is 169 Å². The number of hydrogen-bond acceptors (Lipinski definition) is 5. The molecule has 1 aromatic heterocycles. The van der Waals surface area contributed by atoms with Crippen LogP contribution < -0.4 is 5.32 Å². The first kappa shape index (κ1) is 18.5. The van der Waals surface area contributed by atoms with Crippen molar-refractivity contribution < 1.29 is 0 Å². The fourth-order valence-electron chi connectivity index (χ4n) is 3.53. The lowest BCUT2D eigenvalue weighted by Gasteiger charge is -2.10. The molecule has 140 valence electrons. The number of nitrogens with one attached hydrogen (secondary N) is 1. The molecule has 0 unspecified atom stereocenters. The van der Waals surface area contributed by atoms with Gasteiger partial charge in [0.1, 0.15) is 0 Å². The first-order valence-electron chi connectivity index (χ1n) is 9.67. The van der Waals surface area contributed by atoms with Crippen molar-refractivity contribution in [1.29, 1.82) is 0 Å². The average molecular weight is 396 g/mol. The van der Waals surface area contributed by atoms with Gasteiger partial charge in [-0.1, -0.05) is 54.5 Å². The van der Waals surface area contributed by atoms with Gasteiger partial charge in [0.15, 0.2) is 5.13 Å². The summed E-state index contributed by atoms with van der Waals surface area (Å²) in [6, 6.07) is 16.8. The third-order valence-corrected chi connectivity index (χ3v) is 7.10. The topological polar surface area (TPSA) is 37.3 Å². The fraction of sp³-hybridized carbons (Fsp3) is 0.364. The zero-order valence-electron chi connectivity index (χ0n) is 15.6. The molecule has 1 heterocycles. The Bertz CT molecular complexity index is 893. The van der Waals surface area contributed by atoms with Crippen molar-refractivity contribution in [3.05, 3.63) is 54.1 Å². The molecular formula is C22H25N3S2. The highest BCUT2D eigenvalue weighted by molar-refractivity contribution is 8.14. The van der Waals surface area contributed by atoms with Crippen LogP contribution in [0.3, 0.4) is 0 Å². The molecule has 0 aliphatic heterocycles. The monoisotopic (exact) mass is 395 g/mol. The Kier molecular flexibility index (Phi) is 6.10. The van der Waals surface area contributed by atoms with Crippen LogP contribution in [0, 0.1) is 0 Å². The van der Waals surface area contributed by atoms with Crippen molar-refractivity contribution in [3.63, 3.8) is 0 Å². The van der Waals surface area contributed by atoms with Gasteiger partial charge in [0.2, 0.25) is 0 Å². The number of aliphatic imine (C=N–C) groups is 1. The number of nitrogens with zero attached hydrogens (tertiary/aromatic N) is 2. The van der Waals surface area contributed by atoms with Gasteiger partial charge in [-0.3, -0.25) is 0 Å². The van der Waals surface area contributed by atoms with Gasteiger partial charge >= 0.3 is 0 Å². The minimum absolute atomic E-state index is 0.765. The zero-order valence-corrected chi connectivity index (χ0v) is 17.3. The predicted octanol–water partition coefficient (Wildman–Crippen LogP) is 6.68. The number of thiazole rings is 1. The molecule has 5 heteroatoms. The molecule has 3 nitrogen and oxygen atoms in total. The van der Waals surface area contributed by atoms with E-state index in [0.717, 1.165) is 34.6 Å². The molecule has 0 saturated heterocycles. The Morgan fingerprint density at radius 2 is 1.93 bits per heavy atom. The molecule has 4 rings (SSSR count). The molecule has 1 fully saturated rings. The zero-order chi connectivity index (χ0) is 18.5. The van der Waals surface area contributed by atoms with E-state index in [1.54, 1.807) is 11.3 Å². The van der Waals surface area contributed by atoms with Crippen molar-refractivity contribution in [2.24, 2.45) is 4.99 Å². The number of para-hydroxylation sites is 2. The third kappa shape index (κ3) is 4.90. The molecule has 1 saturated carbocycles. The maximum atomic E-state index is 4.92. The second-order valence-corrected chi connectivity index (χ2v) is 9.47. The molecule has 27 heavy (non-hydrogen) atoms. The highest BCUT2D eigenvalue weighted by Gasteiger charge is 2.16. The minimum atomic E-state index is 0.765. The summed E-state index contributed by atoms with van der Waals surface area (Å²) in [6.07, 6.45) is 6.37. The summed E-state index contributed by atoms with van der Waals surface area (Å²) in [4.78, 5) is 9.57. The van der Waals surface area contributed by atoms with Gasteiger partial charge in [-0.2, -0.15) is 0 Å². The van der Waals surface area contributed by atoms with Crippen molar-refractivity contribution in [3.8, 4) is 0 Å². The fourth-order valence-corrected chi connectivity index (χ4v) is 5.62. The first-order chi connectivity index (χ1) is 13.3. The van der Waals surface area contributed by atoms with Crippen LogP contribution in [-0.2, 0) is 6.42 Å². The van der Waals surface area contributed by atoms with Gasteiger partial charge in [-0.05, 0) is 49.9 Å². The lowest BCUT2D eigenvalue weighted by Crippen LogP contribution is -2.05.